The summed E-state index contributed by atoms with van der Waals surface area (Å²) in [5.41, 5.74) is 1.88. The van der Waals surface area contributed by atoms with Crippen LogP contribution < -0.4 is 0 Å². The average molecular weight is 270 g/mol. The minimum atomic E-state index is -1.01. The van der Waals surface area contributed by atoms with Crippen molar-refractivity contribution in [2.75, 3.05) is 0 Å². The number of nitriles is 1. The maximum atomic E-state index is 11.1. The first kappa shape index (κ1) is 13.0. The third-order valence-corrected chi connectivity index (χ3v) is 3.45. The van der Waals surface area contributed by atoms with E-state index in [1.54, 1.807) is 24.3 Å². The topological polar surface area (TPSA) is 74.0 Å². The third kappa shape index (κ3) is 2.87. The van der Waals surface area contributed by atoms with E-state index >= 15 is 0 Å². The average Bonchev–Trinajstić information content (AvgIpc) is 2.82. The van der Waals surface area contributed by atoms with Crippen molar-refractivity contribution in [3.8, 4) is 6.07 Å². The number of hydrogen-bond acceptors (Lipinski definition) is 4. The zero-order chi connectivity index (χ0) is 13.8. The molecule has 0 atom stereocenters. The van der Waals surface area contributed by atoms with Gasteiger partial charge < -0.3 is 5.11 Å². The summed E-state index contributed by atoms with van der Waals surface area (Å²) in [6.45, 7) is 1.85. The van der Waals surface area contributed by atoms with E-state index in [4.69, 9.17) is 5.11 Å². The van der Waals surface area contributed by atoms with Crippen molar-refractivity contribution in [1.29, 1.82) is 5.26 Å². The number of carboxylic acids is 1. The number of hydrogen-bond donors (Lipinski definition) is 1. The lowest BCUT2D eigenvalue weighted by Gasteiger charge is -2.01. The molecule has 4 nitrogen and oxygen atoms in total. The van der Waals surface area contributed by atoms with Crippen LogP contribution in [0.15, 0.2) is 29.6 Å². The van der Waals surface area contributed by atoms with E-state index in [9.17, 15) is 10.1 Å². The second-order valence-corrected chi connectivity index (χ2v) is 4.71. The van der Waals surface area contributed by atoms with Crippen LogP contribution in [-0.2, 0) is 0 Å². The Morgan fingerprint density at radius 3 is 2.79 bits per heavy atom. The summed E-state index contributed by atoms with van der Waals surface area (Å²) in [6, 6.07) is 8.63. The van der Waals surface area contributed by atoms with E-state index < -0.39 is 5.97 Å². The number of carbonyl (C=O) groups is 1. The zero-order valence-corrected chi connectivity index (χ0v) is 10.9. The van der Waals surface area contributed by atoms with Gasteiger partial charge in [-0.2, -0.15) is 5.26 Å². The Kier molecular flexibility index (Phi) is 3.74. The number of aryl methyl sites for hydroxylation is 1. The molecule has 2 aromatic rings. The number of allylic oxidation sites excluding steroid dienone is 1. The summed E-state index contributed by atoms with van der Waals surface area (Å²) in [4.78, 5) is 15.3. The maximum absolute atomic E-state index is 11.1. The molecule has 0 saturated carbocycles. The van der Waals surface area contributed by atoms with Crippen LogP contribution in [0.3, 0.4) is 0 Å². The van der Waals surface area contributed by atoms with Gasteiger partial charge in [0.25, 0.3) is 0 Å². The van der Waals surface area contributed by atoms with Crippen molar-refractivity contribution in [2.24, 2.45) is 0 Å². The number of aromatic nitrogens is 1. The summed E-state index contributed by atoms with van der Waals surface area (Å²) < 4.78 is 0. The van der Waals surface area contributed by atoms with Gasteiger partial charge in [0.15, 0.2) is 0 Å². The summed E-state index contributed by atoms with van der Waals surface area (Å²) in [6.07, 6.45) is 1.56. The number of aromatic carboxylic acids is 1. The number of thiazole rings is 1. The lowest BCUT2D eigenvalue weighted by Crippen LogP contribution is -1.99. The first-order valence-corrected chi connectivity index (χ1v) is 6.36. The van der Waals surface area contributed by atoms with Crippen molar-refractivity contribution in [3.05, 3.63) is 51.5 Å². The molecule has 0 amide bonds. The van der Waals surface area contributed by atoms with Crippen LogP contribution in [0, 0.1) is 18.3 Å². The number of rotatable bonds is 3. The van der Waals surface area contributed by atoms with Crippen LogP contribution in [0.5, 0.6) is 0 Å². The molecule has 0 radical (unpaired) electrons. The fourth-order valence-corrected chi connectivity index (χ4v) is 2.36. The van der Waals surface area contributed by atoms with Crippen LogP contribution in [0.4, 0.5) is 0 Å². The van der Waals surface area contributed by atoms with E-state index in [1.807, 2.05) is 12.3 Å². The molecule has 94 valence electrons. The Morgan fingerprint density at radius 2 is 2.21 bits per heavy atom. The van der Waals surface area contributed by atoms with Crippen LogP contribution in [0.2, 0.25) is 0 Å². The Morgan fingerprint density at radius 1 is 1.47 bits per heavy atom. The van der Waals surface area contributed by atoms with E-state index in [1.165, 1.54) is 17.4 Å². The molecule has 0 unspecified atom stereocenters. The second-order valence-electron chi connectivity index (χ2n) is 3.86. The molecular weight excluding hydrogens is 260 g/mol. The fraction of sp³-hybridized carbons (Fsp3) is 0.0714. The Labute approximate surface area is 114 Å². The minimum Gasteiger partial charge on any atom is -0.478 e. The quantitative estimate of drug-likeness (QED) is 0.869. The summed E-state index contributed by atoms with van der Waals surface area (Å²) in [5, 5.41) is 20.7. The number of nitrogens with zero attached hydrogens (tertiary/aromatic N) is 2. The first-order valence-electron chi connectivity index (χ1n) is 5.48. The molecule has 1 N–H and O–H groups in total. The molecule has 5 heteroatoms. The van der Waals surface area contributed by atoms with Crippen molar-refractivity contribution < 1.29 is 9.90 Å². The molecule has 19 heavy (non-hydrogen) atoms. The van der Waals surface area contributed by atoms with Gasteiger partial charge in [0.05, 0.1) is 11.1 Å². The lowest BCUT2D eigenvalue weighted by molar-refractivity contribution is 0.0696. The fourth-order valence-electron chi connectivity index (χ4n) is 1.59. The van der Waals surface area contributed by atoms with Crippen LogP contribution in [-0.4, -0.2) is 16.1 Å². The first-order chi connectivity index (χ1) is 9.11. The van der Waals surface area contributed by atoms with Gasteiger partial charge in [-0.1, -0.05) is 18.2 Å². The van der Waals surface area contributed by atoms with Gasteiger partial charge in [0.2, 0.25) is 0 Å². The van der Waals surface area contributed by atoms with Gasteiger partial charge in [0, 0.05) is 11.1 Å². The van der Waals surface area contributed by atoms with Crippen molar-refractivity contribution in [2.45, 2.75) is 6.92 Å². The maximum Gasteiger partial charge on any atom is 0.336 e. The highest BCUT2D eigenvalue weighted by Gasteiger charge is 2.10. The van der Waals surface area contributed by atoms with Crippen LogP contribution >= 0.6 is 11.3 Å². The van der Waals surface area contributed by atoms with Gasteiger partial charge in [-0.3, -0.25) is 0 Å². The Bertz CT molecular complexity index is 695. The molecule has 1 aromatic heterocycles. The molecule has 0 saturated heterocycles. The molecule has 0 aliphatic rings. The van der Waals surface area contributed by atoms with Crippen LogP contribution in [0.25, 0.3) is 11.6 Å². The highest BCUT2D eigenvalue weighted by molar-refractivity contribution is 7.11. The minimum absolute atomic E-state index is 0.170. The van der Waals surface area contributed by atoms with Crippen molar-refractivity contribution in [3.63, 3.8) is 0 Å². The molecule has 0 aliphatic heterocycles. The summed E-state index contributed by atoms with van der Waals surface area (Å²) >= 11 is 1.37. The van der Waals surface area contributed by atoms with Gasteiger partial charge in [-0.05, 0) is 24.6 Å². The van der Waals surface area contributed by atoms with E-state index in [0.29, 0.717) is 16.1 Å². The number of benzene rings is 1. The van der Waals surface area contributed by atoms with E-state index in [0.717, 1.165) is 5.69 Å². The molecule has 0 fully saturated rings. The smallest absolute Gasteiger partial charge is 0.336 e. The second kappa shape index (κ2) is 5.46. The highest BCUT2D eigenvalue weighted by Crippen LogP contribution is 2.22. The molecular formula is C14H10N2O2S. The molecule has 2 rings (SSSR count). The lowest BCUT2D eigenvalue weighted by atomic mass is 10.1. The number of carboxylic acid groups (broad SMARTS) is 1. The van der Waals surface area contributed by atoms with Crippen molar-refractivity contribution in [1.82, 2.24) is 4.98 Å². The zero-order valence-electron chi connectivity index (χ0n) is 10.1. The molecule has 0 bridgehead atoms. The van der Waals surface area contributed by atoms with E-state index in [2.05, 4.69) is 11.1 Å². The van der Waals surface area contributed by atoms with Gasteiger partial charge in [0.1, 0.15) is 11.1 Å². The van der Waals surface area contributed by atoms with Crippen LogP contribution in [0.1, 0.15) is 26.6 Å². The monoisotopic (exact) mass is 270 g/mol. The van der Waals surface area contributed by atoms with Gasteiger partial charge in [-0.25, -0.2) is 9.78 Å². The summed E-state index contributed by atoms with van der Waals surface area (Å²) in [7, 11) is 0. The molecule has 1 aromatic carbocycles. The molecule has 0 spiro atoms. The predicted molar refractivity (Wildman–Crippen MR) is 73.7 cm³/mol. The highest BCUT2D eigenvalue weighted by atomic mass is 32.1. The Balaban J connectivity index is 2.50. The standard InChI is InChI=1S/C14H10N2O2S/c1-9-8-19-13(16-9)11(7-15)6-10-4-2-3-5-12(10)14(17)18/h2-6,8H,1H3,(H,17,18)/b11-6-. The van der Waals surface area contributed by atoms with Crippen molar-refractivity contribution >= 4 is 29.0 Å². The third-order valence-electron chi connectivity index (χ3n) is 2.46. The van der Waals surface area contributed by atoms with E-state index in [-0.39, 0.29) is 5.56 Å². The van der Waals surface area contributed by atoms with Gasteiger partial charge >= 0.3 is 5.97 Å². The molecule has 1 heterocycles. The normalized spacial score (nSPS) is 11.1. The largest absolute Gasteiger partial charge is 0.478 e. The summed E-state index contributed by atoms with van der Waals surface area (Å²) in [5.74, 6) is -1.01. The Hall–Kier alpha value is -2.45. The SMILES string of the molecule is Cc1csc(/C(C#N)=C\c2ccccc2C(=O)O)n1. The predicted octanol–water partition coefficient (Wildman–Crippen LogP) is 3.21. The van der Waals surface area contributed by atoms with Gasteiger partial charge in [-0.15, -0.1) is 11.3 Å². The molecule has 0 aliphatic carbocycles.